The smallest absolute Gasteiger partial charge is 0.274 e. The first-order valence-corrected chi connectivity index (χ1v) is 9.94. The van der Waals surface area contributed by atoms with E-state index in [9.17, 15) is 13.2 Å². The third-order valence-corrected chi connectivity index (χ3v) is 5.13. The van der Waals surface area contributed by atoms with Crippen LogP contribution in [0.3, 0.4) is 0 Å². The van der Waals surface area contributed by atoms with Gasteiger partial charge >= 0.3 is 0 Å². The average Bonchev–Trinajstić information content (AvgIpc) is 3.03. The molecule has 8 nitrogen and oxygen atoms in total. The average molecular weight is 380 g/mol. The van der Waals surface area contributed by atoms with Crippen molar-refractivity contribution in [1.29, 1.82) is 0 Å². The summed E-state index contributed by atoms with van der Waals surface area (Å²) in [6.45, 7) is 5.83. The molecular weight excluding hydrogens is 354 g/mol. The van der Waals surface area contributed by atoms with E-state index >= 15 is 0 Å². The number of nitrogens with zero attached hydrogens (tertiary/aromatic N) is 3. The zero-order valence-electron chi connectivity index (χ0n) is 14.3. The molecule has 10 heteroatoms. The fraction of sp³-hybridized carbons (Fsp3) is 0.786. The van der Waals surface area contributed by atoms with Crippen molar-refractivity contribution in [2.24, 2.45) is 5.92 Å². The summed E-state index contributed by atoms with van der Waals surface area (Å²) in [6, 6.07) is 0.0121. The van der Waals surface area contributed by atoms with Crippen molar-refractivity contribution < 1.29 is 13.2 Å². The molecule has 0 unspecified atom stereocenters. The number of aromatic nitrogens is 3. The topological polar surface area (TPSA) is 108 Å². The molecular formula is C14H26ClN5O3S. The van der Waals surface area contributed by atoms with Crippen LogP contribution < -0.4 is 5.32 Å². The van der Waals surface area contributed by atoms with Crippen molar-refractivity contribution in [3.8, 4) is 0 Å². The summed E-state index contributed by atoms with van der Waals surface area (Å²) in [5.41, 5.74) is 0.885. The Balaban J connectivity index is 0.00000288. The Hall–Kier alpha value is -1.19. The van der Waals surface area contributed by atoms with Gasteiger partial charge in [-0.15, -0.1) is 12.4 Å². The Labute approximate surface area is 149 Å². The van der Waals surface area contributed by atoms with Crippen LogP contribution in [0.15, 0.2) is 0 Å². The molecule has 1 aliphatic rings. The zero-order chi connectivity index (χ0) is 17.0. The summed E-state index contributed by atoms with van der Waals surface area (Å²) in [7, 11) is -2.97. The summed E-state index contributed by atoms with van der Waals surface area (Å²) < 4.78 is 22.7. The largest absolute Gasteiger partial charge is 0.346 e. The Morgan fingerprint density at radius 1 is 1.38 bits per heavy atom. The Kier molecular flexibility index (Phi) is 7.62. The van der Waals surface area contributed by atoms with Gasteiger partial charge in [0.1, 0.15) is 9.84 Å². The van der Waals surface area contributed by atoms with Crippen molar-refractivity contribution in [2.75, 3.05) is 31.6 Å². The molecule has 1 saturated heterocycles. The molecule has 24 heavy (non-hydrogen) atoms. The second-order valence-electron chi connectivity index (χ2n) is 6.28. The summed E-state index contributed by atoms with van der Waals surface area (Å²) in [4.78, 5) is 14.4. The van der Waals surface area contributed by atoms with E-state index < -0.39 is 9.84 Å². The van der Waals surface area contributed by atoms with Crippen LogP contribution in [-0.4, -0.2) is 72.3 Å². The predicted molar refractivity (Wildman–Crippen MR) is 94.2 cm³/mol. The van der Waals surface area contributed by atoms with Crippen molar-refractivity contribution in [2.45, 2.75) is 32.7 Å². The number of sulfone groups is 1. The molecule has 1 amide bonds. The van der Waals surface area contributed by atoms with Gasteiger partial charge in [-0.25, -0.2) is 8.42 Å². The number of H-pyrrole nitrogens is 1. The van der Waals surface area contributed by atoms with Crippen molar-refractivity contribution in [3.63, 3.8) is 0 Å². The first-order chi connectivity index (χ1) is 10.8. The number of carbonyl (C=O) groups excluding carboxylic acids is 1. The van der Waals surface area contributed by atoms with Gasteiger partial charge in [-0.3, -0.25) is 9.69 Å². The Morgan fingerprint density at radius 3 is 2.62 bits per heavy atom. The lowest BCUT2D eigenvalue weighted by Gasteiger charge is -2.18. The molecule has 2 rings (SSSR count). The maximum Gasteiger partial charge on any atom is 0.274 e. The van der Waals surface area contributed by atoms with Crippen LogP contribution in [0.25, 0.3) is 0 Å². The molecule has 0 aromatic carbocycles. The number of likely N-dealkylation sites (tertiary alicyclic amines) is 1. The molecule has 2 heterocycles. The van der Waals surface area contributed by atoms with Crippen LogP contribution >= 0.6 is 12.4 Å². The second-order valence-corrected chi connectivity index (χ2v) is 8.54. The minimum absolute atomic E-state index is 0. The van der Waals surface area contributed by atoms with E-state index in [0.29, 0.717) is 30.4 Å². The van der Waals surface area contributed by atoms with Gasteiger partial charge in [0.25, 0.3) is 5.91 Å². The van der Waals surface area contributed by atoms with E-state index in [2.05, 4.69) is 32.6 Å². The molecule has 1 aromatic heterocycles. The minimum atomic E-state index is -2.97. The van der Waals surface area contributed by atoms with Gasteiger partial charge in [0.05, 0.1) is 11.4 Å². The first kappa shape index (κ1) is 20.9. The maximum absolute atomic E-state index is 12.3. The predicted octanol–water partition coefficient (Wildman–Crippen LogP) is 0.410. The number of aromatic amines is 1. The van der Waals surface area contributed by atoms with Crippen molar-refractivity contribution >= 4 is 28.2 Å². The second kappa shape index (κ2) is 8.77. The molecule has 138 valence electrons. The number of nitrogens with one attached hydrogen (secondary N) is 2. The lowest BCUT2D eigenvalue weighted by atomic mass is 9.98. The maximum atomic E-state index is 12.3. The number of carbonyl (C=O) groups is 1. The standard InChI is InChI=1S/C14H25N5O3S.ClH/c1-4-5-11-8-19(6-7-23(3,21)22)9-12(11)15-14(20)13-10(2)16-18-17-13;/h11-12H,4-9H2,1-3H3,(H,15,20)(H,16,17,18);1H/t11-,12-;/m0./s1. The molecule has 0 spiro atoms. The molecule has 0 aliphatic carbocycles. The fourth-order valence-corrected chi connectivity index (χ4v) is 3.59. The molecule has 0 radical (unpaired) electrons. The van der Waals surface area contributed by atoms with Crippen molar-refractivity contribution in [3.05, 3.63) is 11.4 Å². The van der Waals surface area contributed by atoms with Gasteiger partial charge in [-0.05, 0) is 19.3 Å². The van der Waals surface area contributed by atoms with E-state index in [-0.39, 0.29) is 30.1 Å². The highest BCUT2D eigenvalue weighted by atomic mass is 35.5. The van der Waals surface area contributed by atoms with Crippen LogP contribution in [0, 0.1) is 12.8 Å². The minimum Gasteiger partial charge on any atom is -0.346 e. The van der Waals surface area contributed by atoms with E-state index in [4.69, 9.17) is 0 Å². The van der Waals surface area contributed by atoms with Gasteiger partial charge in [0, 0.05) is 31.9 Å². The Bertz CT molecular complexity index is 649. The molecule has 1 aliphatic heterocycles. The molecule has 2 N–H and O–H groups in total. The highest BCUT2D eigenvalue weighted by Gasteiger charge is 2.34. The van der Waals surface area contributed by atoms with Gasteiger partial charge < -0.3 is 5.32 Å². The number of halogens is 1. The first-order valence-electron chi connectivity index (χ1n) is 7.88. The molecule has 1 fully saturated rings. The van der Waals surface area contributed by atoms with Crippen LogP contribution in [0.2, 0.25) is 0 Å². The van der Waals surface area contributed by atoms with Gasteiger partial charge in [-0.1, -0.05) is 13.3 Å². The van der Waals surface area contributed by atoms with Crippen LogP contribution in [-0.2, 0) is 9.84 Å². The van der Waals surface area contributed by atoms with Gasteiger partial charge in [-0.2, -0.15) is 15.4 Å². The fourth-order valence-electron chi connectivity index (χ4n) is 3.00. The van der Waals surface area contributed by atoms with E-state index in [1.807, 2.05) is 0 Å². The molecule has 1 aromatic rings. The normalized spacial score (nSPS) is 21.5. The number of rotatable bonds is 7. The van der Waals surface area contributed by atoms with Crippen LogP contribution in [0.5, 0.6) is 0 Å². The summed E-state index contributed by atoms with van der Waals surface area (Å²) in [5, 5.41) is 13.2. The third kappa shape index (κ3) is 5.71. The number of hydrogen-bond donors (Lipinski definition) is 2. The zero-order valence-corrected chi connectivity index (χ0v) is 15.9. The quantitative estimate of drug-likeness (QED) is 0.710. The van der Waals surface area contributed by atoms with E-state index in [1.54, 1.807) is 6.92 Å². The summed E-state index contributed by atoms with van der Waals surface area (Å²) in [6.07, 6.45) is 3.28. The third-order valence-electron chi connectivity index (χ3n) is 4.21. The van der Waals surface area contributed by atoms with Crippen molar-refractivity contribution in [1.82, 2.24) is 25.6 Å². The van der Waals surface area contributed by atoms with Crippen LogP contribution in [0.4, 0.5) is 0 Å². The van der Waals surface area contributed by atoms with Crippen LogP contribution in [0.1, 0.15) is 35.9 Å². The molecule has 0 bridgehead atoms. The lowest BCUT2D eigenvalue weighted by molar-refractivity contribution is 0.0923. The van der Waals surface area contributed by atoms with E-state index in [1.165, 1.54) is 6.26 Å². The van der Waals surface area contributed by atoms with E-state index in [0.717, 1.165) is 19.4 Å². The summed E-state index contributed by atoms with van der Waals surface area (Å²) in [5.74, 6) is 0.248. The number of aryl methyl sites for hydroxylation is 1. The highest BCUT2D eigenvalue weighted by molar-refractivity contribution is 7.90. The summed E-state index contributed by atoms with van der Waals surface area (Å²) >= 11 is 0. The highest BCUT2D eigenvalue weighted by Crippen LogP contribution is 2.22. The number of amides is 1. The molecule has 0 saturated carbocycles. The Morgan fingerprint density at radius 2 is 2.08 bits per heavy atom. The SMILES string of the molecule is CCC[C@H]1CN(CCS(C)(=O)=O)C[C@@H]1NC(=O)c1n[nH]nc1C.Cl. The van der Waals surface area contributed by atoms with Gasteiger partial charge in [0.15, 0.2) is 5.69 Å². The van der Waals surface area contributed by atoms with Gasteiger partial charge in [0.2, 0.25) is 0 Å². The molecule has 2 atom stereocenters. The number of hydrogen-bond acceptors (Lipinski definition) is 6. The lowest BCUT2D eigenvalue weighted by Crippen LogP contribution is -2.41. The monoisotopic (exact) mass is 379 g/mol.